The molecule has 0 atom stereocenters. The van der Waals surface area contributed by atoms with Gasteiger partial charge in [0.15, 0.2) is 0 Å². The van der Waals surface area contributed by atoms with Crippen LogP contribution in [0.25, 0.3) is 17.1 Å². The molecule has 0 aliphatic carbocycles. The third kappa shape index (κ3) is 2.03. The van der Waals surface area contributed by atoms with E-state index in [2.05, 4.69) is 58.1 Å². The Kier molecular flexibility index (Phi) is 2.67. The highest BCUT2D eigenvalue weighted by molar-refractivity contribution is 5.58. The summed E-state index contributed by atoms with van der Waals surface area (Å²) >= 11 is 0. The van der Waals surface area contributed by atoms with Crippen molar-refractivity contribution in [3.63, 3.8) is 0 Å². The van der Waals surface area contributed by atoms with Crippen LogP contribution in [0.2, 0.25) is 0 Å². The zero-order valence-corrected chi connectivity index (χ0v) is 11.2. The second kappa shape index (κ2) is 4.35. The number of hydrogen-bond acceptors (Lipinski definition) is 3. The first-order chi connectivity index (χ1) is 9.15. The van der Waals surface area contributed by atoms with Gasteiger partial charge in [-0.1, -0.05) is 12.1 Å². The van der Waals surface area contributed by atoms with E-state index >= 15 is 0 Å². The van der Waals surface area contributed by atoms with Gasteiger partial charge in [-0.25, -0.2) is 0 Å². The van der Waals surface area contributed by atoms with Crippen molar-refractivity contribution in [1.82, 2.24) is 24.8 Å². The van der Waals surface area contributed by atoms with Gasteiger partial charge in [0, 0.05) is 22.6 Å². The average molecular weight is 253 g/mol. The van der Waals surface area contributed by atoms with Crippen LogP contribution in [0.3, 0.4) is 0 Å². The SMILES string of the molecule is Cc1ccc(C)n1-c1cccc(-c2nnn(C)n2)c1. The van der Waals surface area contributed by atoms with Crippen LogP contribution in [0.15, 0.2) is 36.4 Å². The summed E-state index contributed by atoms with van der Waals surface area (Å²) in [6.07, 6.45) is 0. The molecule has 0 saturated heterocycles. The predicted octanol–water partition coefficient (Wildman–Crippen LogP) is 2.28. The number of rotatable bonds is 2. The molecule has 0 radical (unpaired) electrons. The molecule has 5 nitrogen and oxygen atoms in total. The van der Waals surface area contributed by atoms with E-state index in [9.17, 15) is 0 Å². The van der Waals surface area contributed by atoms with Gasteiger partial charge in [-0.05, 0) is 43.3 Å². The summed E-state index contributed by atoms with van der Waals surface area (Å²) in [4.78, 5) is 1.47. The molecule has 0 unspecified atom stereocenters. The average Bonchev–Trinajstić information content (AvgIpc) is 2.97. The van der Waals surface area contributed by atoms with E-state index < -0.39 is 0 Å². The van der Waals surface area contributed by atoms with E-state index in [0.29, 0.717) is 5.82 Å². The van der Waals surface area contributed by atoms with Crippen molar-refractivity contribution in [1.29, 1.82) is 0 Å². The second-order valence-corrected chi connectivity index (χ2v) is 4.60. The highest BCUT2D eigenvalue weighted by Gasteiger charge is 2.08. The quantitative estimate of drug-likeness (QED) is 0.704. The molecule has 2 heterocycles. The molecule has 0 N–H and O–H groups in total. The fourth-order valence-corrected chi connectivity index (χ4v) is 2.26. The fourth-order valence-electron chi connectivity index (χ4n) is 2.26. The maximum atomic E-state index is 4.23. The molecule has 2 aromatic heterocycles. The molecule has 96 valence electrons. The zero-order chi connectivity index (χ0) is 13.4. The molecule has 19 heavy (non-hydrogen) atoms. The topological polar surface area (TPSA) is 48.5 Å². The summed E-state index contributed by atoms with van der Waals surface area (Å²) < 4.78 is 2.21. The Morgan fingerprint density at radius 1 is 1.00 bits per heavy atom. The zero-order valence-electron chi connectivity index (χ0n) is 11.2. The molecule has 1 aromatic carbocycles. The van der Waals surface area contributed by atoms with Crippen molar-refractivity contribution in [3.8, 4) is 17.1 Å². The number of benzene rings is 1. The Morgan fingerprint density at radius 2 is 1.74 bits per heavy atom. The van der Waals surface area contributed by atoms with Crippen molar-refractivity contribution < 1.29 is 0 Å². The molecule has 0 saturated carbocycles. The molecular weight excluding hydrogens is 238 g/mol. The number of tetrazole rings is 1. The number of aromatic nitrogens is 5. The molecule has 3 rings (SSSR count). The normalized spacial score (nSPS) is 10.9. The molecule has 3 aromatic rings. The highest BCUT2D eigenvalue weighted by Crippen LogP contribution is 2.21. The monoisotopic (exact) mass is 253 g/mol. The lowest BCUT2D eigenvalue weighted by atomic mass is 10.2. The van der Waals surface area contributed by atoms with Gasteiger partial charge >= 0.3 is 0 Å². The van der Waals surface area contributed by atoms with Gasteiger partial charge in [-0.3, -0.25) is 0 Å². The number of aryl methyl sites for hydroxylation is 3. The summed E-state index contributed by atoms with van der Waals surface area (Å²) in [5.41, 5.74) is 4.51. The van der Waals surface area contributed by atoms with Gasteiger partial charge in [0.1, 0.15) is 0 Å². The lowest BCUT2D eigenvalue weighted by Gasteiger charge is -2.10. The van der Waals surface area contributed by atoms with E-state index in [4.69, 9.17) is 0 Å². The van der Waals surface area contributed by atoms with Gasteiger partial charge < -0.3 is 4.57 Å². The molecule has 5 heteroatoms. The number of nitrogens with zero attached hydrogens (tertiary/aromatic N) is 5. The predicted molar refractivity (Wildman–Crippen MR) is 73.0 cm³/mol. The summed E-state index contributed by atoms with van der Waals surface area (Å²) in [5.74, 6) is 0.645. The highest BCUT2D eigenvalue weighted by atomic mass is 15.6. The first-order valence-electron chi connectivity index (χ1n) is 6.15. The Balaban J connectivity index is 2.10. The summed E-state index contributed by atoms with van der Waals surface area (Å²) in [6, 6.07) is 12.4. The Morgan fingerprint density at radius 3 is 2.37 bits per heavy atom. The maximum absolute atomic E-state index is 4.23. The van der Waals surface area contributed by atoms with Crippen molar-refractivity contribution in [2.45, 2.75) is 13.8 Å². The lowest BCUT2D eigenvalue weighted by Crippen LogP contribution is -1.99. The summed E-state index contributed by atoms with van der Waals surface area (Å²) in [5, 5.41) is 12.1. The maximum Gasteiger partial charge on any atom is 0.204 e. The minimum Gasteiger partial charge on any atom is -0.318 e. The standard InChI is InChI=1S/C14H15N5/c1-10-7-8-11(2)19(10)13-6-4-5-12(9-13)14-15-17-18(3)16-14/h4-9H,1-3H3. The minimum atomic E-state index is 0.645. The van der Waals surface area contributed by atoms with Gasteiger partial charge in [-0.2, -0.15) is 4.80 Å². The van der Waals surface area contributed by atoms with E-state index in [0.717, 1.165) is 11.3 Å². The van der Waals surface area contributed by atoms with Crippen LogP contribution < -0.4 is 0 Å². The largest absolute Gasteiger partial charge is 0.318 e. The van der Waals surface area contributed by atoms with Crippen LogP contribution in [0.1, 0.15) is 11.4 Å². The van der Waals surface area contributed by atoms with E-state index in [1.54, 1.807) is 7.05 Å². The van der Waals surface area contributed by atoms with Crippen LogP contribution in [-0.2, 0) is 7.05 Å². The van der Waals surface area contributed by atoms with Gasteiger partial charge in [0.05, 0.1) is 7.05 Å². The van der Waals surface area contributed by atoms with Crippen molar-refractivity contribution in [2.75, 3.05) is 0 Å². The first kappa shape index (κ1) is 11.6. The summed E-state index contributed by atoms with van der Waals surface area (Å²) in [6.45, 7) is 4.19. The molecule has 0 bridgehead atoms. The molecule has 0 fully saturated rings. The fraction of sp³-hybridized carbons (Fsp3) is 0.214. The lowest BCUT2D eigenvalue weighted by molar-refractivity contribution is 0.630. The molecule has 0 aliphatic heterocycles. The Hall–Kier alpha value is -2.43. The minimum absolute atomic E-state index is 0.645. The van der Waals surface area contributed by atoms with Gasteiger partial charge in [0.25, 0.3) is 0 Å². The first-order valence-corrected chi connectivity index (χ1v) is 6.15. The van der Waals surface area contributed by atoms with Crippen LogP contribution in [0.5, 0.6) is 0 Å². The van der Waals surface area contributed by atoms with E-state index in [1.807, 2.05) is 12.1 Å². The van der Waals surface area contributed by atoms with Crippen LogP contribution in [0.4, 0.5) is 0 Å². The molecule has 0 spiro atoms. The third-order valence-corrected chi connectivity index (χ3v) is 3.14. The van der Waals surface area contributed by atoms with E-state index in [-0.39, 0.29) is 0 Å². The van der Waals surface area contributed by atoms with Crippen molar-refractivity contribution in [3.05, 3.63) is 47.8 Å². The number of hydrogen-bond donors (Lipinski definition) is 0. The van der Waals surface area contributed by atoms with Crippen molar-refractivity contribution in [2.24, 2.45) is 7.05 Å². The Bertz CT molecular complexity index is 704. The second-order valence-electron chi connectivity index (χ2n) is 4.60. The molecular formula is C14H15N5. The Labute approximate surface area is 111 Å². The molecule has 0 amide bonds. The van der Waals surface area contributed by atoms with E-state index in [1.165, 1.54) is 16.2 Å². The van der Waals surface area contributed by atoms with Gasteiger partial charge in [0.2, 0.25) is 5.82 Å². The smallest absolute Gasteiger partial charge is 0.204 e. The van der Waals surface area contributed by atoms with Crippen LogP contribution in [-0.4, -0.2) is 24.8 Å². The molecule has 0 aliphatic rings. The van der Waals surface area contributed by atoms with Crippen LogP contribution in [0, 0.1) is 13.8 Å². The van der Waals surface area contributed by atoms with Crippen molar-refractivity contribution >= 4 is 0 Å². The van der Waals surface area contributed by atoms with Gasteiger partial charge in [-0.15, -0.1) is 10.2 Å². The van der Waals surface area contributed by atoms with Crippen LogP contribution >= 0.6 is 0 Å². The third-order valence-electron chi connectivity index (χ3n) is 3.14. The summed E-state index contributed by atoms with van der Waals surface area (Å²) in [7, 11) is 1.76.